The summed E-state index contributed by atoms with van der Waals surface area (Å²) in [4.78, 5) is 47.4. The van der Waals surface area contributed by atoms with E-state index in [1.807, 2.05) is 0 Å². The van der Waals surface area contributed by atoms with Crippen molar-refractivity contribution in [3.8, 4) is 24.7 Å². The molecule has 2 N–H and O–H groups in total. The standard InChI is InChI=1S/C34H48O11/c1-2-40-28-13-15-30(33(37)38)31(19-28)34(39)43-20-23-8-10-24(11-9-23)21-44-45-22-25-18-27(12-14-29(25)32(35)36)42-17-16-41-26-6-4-3-5-7-26/h1,23-31H,3-15,18-22H2,(H,35,36)(H,37,38). The zero-order valence-electron chi connectivity index (χ0n) is 26.1. The number of esters is 1. The zero-order valence-corrected chi connectivity index (χ0v) is 26.1. The first-order chi connectivity index (χ1) is 21.8. The van der Waals surface area contributed by atoms with Crippen molar-refractivity contribution in [1.82, 2.24) is 0 Å². The van der Waals surface area contributed by atoms with Gasteiger partial charge in [-0.2, -0.15) is 0 Å². The van der Waals surface area contributed by atoms with Gasteiger partial charge >= 0.3 is 17.9 Å². The summed E-state index contributed by atoms with van der Waals surface area (Å²) < 4.78 is 22.1. The Hall–Kier alpha value is -3.15. The predicted molar refractivity (Wildman–Crippen MR) is 160 cm³/mol. The molecule has 0 aromatic rings. The van der Waals surface area contributed by atoms with Crippen molar-refractivity contribution in [3.05, 3.63) is 0 Å². The third kappa shape index (κ3) is 11.0. The summed E-state index contributed by atoms with van der Waals surface area (Å²) >= 11 is 0. The van der Waals surface area contributed by atoms with Crippen molar-refractivity contribution in [3.63, 3.8) is 0 Å². The number of carbonyl (C=O) groups is 3. The van der Waals surface area contributed by atoms with Crippen LogP contribution in [-0.4, -0.2) is 66.3 Å². The highest BCUT2D eigenvalue weighted by Gasteiger charge is 2.41. The Morgan fingerprint density at radius 3 is 1.82 bits per heavy atom. The van der Waals surface area contributed by atoms with Gasteiger partial charge in [-0.25, -0.2) is 9.78 Å². The van der Waals surface area contributed by atoms with Gasteiger partial charge in [0.2, 0.25) is 0 Å². The van der Waals surface area contributed by atoms with Gasteiger partial charge in [-0.1, -0.05) is 12.8 Å². The van der Waals surface area contributed by atoms with E-state index >= 15 is 0 Å². The molecule has 0 radical (unpaired) electrons. The van der Waals surface area contributed by atoms with Crippen LogP contribution < -0.4 is 0 Å². The predicted octanol–water partition coefficient (Wildman–Crippen LogP) is 4.91. The first kappa shape index (κ1) is 34.7. The van der Waals surface area contributed by atoms with Crippen LogP contribution >= 0.6 is 0 Å². The van der Waals surface area contributed by atoms with E-state index < -0.39 is 35.7 Å². The van der Waals surface area contributed by atoms with E-state index in [0.29, 0.717) is 38.7 Å². The molecule has 0 saturated heterocycles. The number of hydrogen-bond donors (Lipinski definition) is 2. The lowest BCUT2D eigenvalue weighted by atomic mass is 9.77. The number of rotatable bonds is 13. The minimum atomic E-state index is -1.00. The molecular formula is C34H48O11. The van der Waals surface area contributed by atoms with Crippen molar-refractivity contribution in [2.75, 3.05) is 19.8 Å². The van der Waals surface area contributed by atoms with Crippen LogP contribution in [0.5, 0.6) is 0 Å². The molecule has 0 aromatic heterocycles. The first-order valence-corrected chi connectivity index (χ1v) is 16.6. The van der Waals surface area contributed by atoms with E-state index in [-0.39, 0.29) is 55.7 Å². The molecule has 0 aliphatic heterocycles. The average molecular weight is 633 g/mol. The molecule has 4 aliphatic rings. The van der Waals surface area contributed by atoms with E-state index in [1.54, 1.807) is 0 Å². The van der Waals surface area contributed by atoms with Crippen molar-refractivity contribution >= 4 is 17.9 Å². The van der Waals surface area contributed by atoms with E-state index in [1.165, 1.54) is 19.3 Å². The second-order valence-electron chi connectivity index (χ2n) is 13.1. The second-order valence-corrected chi connectivity index (χ2v) is 13.1. The molecule has 0 spiro atoms. The third-order valence-corrected chi connectivity index (χ3v) is 10.1. The minimum absolute atomic E-state index is 0.167. The maximum atomic E-state index is 12.8. The lowest BCUT2D eigenvalue weighted by Gasteiger charge is -2.33. The smallest absolute Gasteiger partial charge is 0.309 e. The molecule has 0 aromatic carbocycles. The van der Waals surface area contributed by atoms with Gasteiger partial charge in [0.1, 0.15) is 24.4 Å². The number of terminal acetylenes is 1. The van der Waals surface area contributed by atoms with Crippen LogP contribution in [-0.2, 0) is 43.1 Å². The van der Waals surface area contributed by atoms with Crippen molar-refractivity contribution < 1.29 is 53.3 Å². The molecular weight excluding hydrogens is 584 g/mol. The minimum Gasteiger partial charge on any atom is -0.481 e. The van der Waals surface area contributed by atoms with Crippen molar-refractivity contribution in [2.24, 2.45) is 35.5 Å². The summed E-state index contributed by atoms with van der Waals surface area (Å²) in [5.74, 6) is -4.18. The third-order valence-electron chi connectivity index (χ3n) is 10.1. The highest BCUT2D eigenvalue weighted by molar-refractivity contribution is 5.81. The normalized spacial score (nSPS) is 32.2. The summed E-state index contributed by atoms with van der Waals surface area (Å²) in [7, 11) is 0. The van der Waals surface area contributed by atoms with E-state index in [9.17, 15) is 24.6 Å². The Labute approximate surface area is 265 Å². The summed E-state index contributed by atoms with van der Waals surface area (Å²) in [6.07, 6.45) is 24.2. The average Bonchev–Trinajstić information content (AvgIpc) is 3.05. The molecule has 0 heterocycles. The van der Waals surface area contributed by atoms with Gasteiger partial charge in [0.25, 0.3) is 0 Å². The van der Waals surface area contributed by atoms with Gasteiger partial charge in [0.15, 0.2) is 12.2 Å². The number of aliphatic carboxylic acids is 2. The monoisotopic (exact) mass is 632 g/mol. The van der Waals surface area contributed by atoms with E-state index in [4.69, 9.17) is 35.1 Å². The molecule has 6 unspecified atom stereocenters. The Morgan fingerprint density at radius 1 is 0.600 bits per heavy atom. The molecule has 4 rings (SSSR count). The lowest BCUT2D eigenvalue weighted by molar-refractivity contribution is -0.312. The zero-order chi connectivity index (χ0) is 32.0. The summed E-state index contributed by atoms with van der Waals surface area (Å²) in [6, 6.07) is 0. The number of carbonyl (C=O) groups excluding carboxylic acids is 1. The van der Waals surface area contributed by atoms with E-state index in [0.717, 1.165) is 38.5 Å². The van der Waals surface area contributed by atoms with Crippen LogP contribution in [0.3, 0.4) is 0 Å². The molecule has 4 fully saturated rings. The van der Waals surface area contributed by atoms with Gasteiger partial charge in [-0.05, 0) is 102 Å². The van der Waals surface area contributed by atoms with Crippen LogP contribution in [0.2, 0.25) is 0 Å². The largest absolute Gasteiger partial charge is 0.481 e. The molecule has 6 atom stereocenters. The van der Waals surface area contributed by atoms with E-state index in [2.05, 4.69) is 18.3 Å². The molecule has 4 aliphatic carbocycles. The number of hydrogen-bond acceptors (Lipinski definition) is 9. The molecule has 11 heteroatoms. The lowest BCUT2D eigenvalue weighted by Crippen LogP contribution is -2.39. The number of carboxylic acids is 2. The van der Waals surface area contributed by atoms with Crippen molar-refractivity contribution in [1.29, 1.82) is 0 Å². The Morgan fingerprint density at radius 2 is 1.18 bits per heavy atom. The molecule has 11 nitrogen and oxygen atoms in total. The maximum Gasteiger partial charge on any atom is 0.309 e. The van der Waals surface area contributed by atoms with Gasteiger partial charge in [-0.3, -0.25) is 14.4 Å². The maximum absolute atomic E-state index is 12.8. The van der Waals surface area contributed by atoms with Crippen LogP contribution in [0.1, 0.15) is 96.3 Å². The second kappa shape index (κ2) is 18.1. The van der Waals surface area contributed by atoms with Gasteiger partial charge in [0, 0.05) is 5.92 Å². The first-order valence-electron chi connectivity index (χ1n) is 16.6. The Kier molecular flexibility index (Phi) is 14.0. The SMILES string of the molecule is C#COC1CCC(C(=O)O)C(C(=O)OCC2CCC(COOCC3CC(OC#COC4CCCCC4)CCC3C(=O)O)CC2)C1. The fourth-order valence-electron chi connectivity index (χ4n) is 7.28. The molecule has 250 valence electrons. The Balaban J connectivity index is 1.11. The van der Waals surface area contributed by atoms with Crippen LogP contribution in [0, 0.1) is 60.3 Å². The number of ether oxygens (including phenoxy) is 4. The van der Waals surface area contributed by atoms with Crippen LogP contribution in [0.15, 0.2) is 0 Å². The number of carboxylic acid groups (broad SMARTS) is 2. The fourth-order valence-corrected chi connectivity index (χ4v) is 7.28. The van der Waals surface area contributed by atoms with Gasteiger partial charge < -0.3 is 29.2 Å². The topological polar surface area (TPSA) is 147 Å². The molecule has 45 heavy (non-hydrogen) atoms. The van der Waals surface area contributed by atoms with Crippen LogP contribution in [0.25, 0.3) is 0 Å². The molecule has 0 amide bonds. The molecule has 0 bridgehead atoms. The highest BCUT2D eigenvalue weighted by atomic mass is 17.2. The quantitative estimate of drug-likeness (QED) is 0.0938. The summed E-state index contributed by atoms with van der Waals surface area (Å²) in [5.41, 5.74) is 0. The fraction of sp³-hybridized carbons (Fsp3) is 0.794. The van der Waals surface area contributed by atoms with Gasteiger partial charge in [-0.15, -0.1) is 0 Å². The van der Waals surface area contributed by atoms with Crippen LogP contribution in [0.4, 0.5) is 0 Å². The summed E-state index contributed by atoms with van der Waals surface area (Å²) in [5, 5.41) is 19.3. The van der Waals surface area contributed by atoms with Gasteiger partial charge in [0.05, 0.1) is 37.6 Å². The summed E-state index contributed by atoms with van der Waals surface area (Å²) in [6.45, 7) is 0.824. The molecule has 4 saturated carbocycles. The highest BCUT2D eigenvalue weighted by Crippen LogP contribution is 2.35. The van der Waals surface area contributed by atoms with Crippen molar-refractivity contribution in [2.45, 2.75) is 115 Å². The Bertz CT molecular complexity index is 1060.